The summed E-state index contributed by atoms with van der Waals surface area (Å²) >= 11 is 3.37. The molecule has 0 radical (unpaired) electrons. The van der Waals surface area contributed by atoms with Crippen LogP contribution in [0.4, 0.5) is 0 Å². The van der Waals surface area contributed by atoms with Crippen LogP contribution in [-0.4, -0.2) is 23.0 Å². The number of carbonyl (C=O) groups is 2. The maximum absolute atomic E-state index is 12.2. The van der Waals surface area contributed by atoms with Crippen molar-refractivity contribution >= 4 is 27.8 Å². The largest absolute Gasteiger partial charge is 0.480 e. The molecular weight excluding hydrogens is 334 g/mol. The average molecular weight is 354 g/mol. The Morgan fingerprint density at radius 2 is 2.00 bits per heavy atom. The highest BCUT2D eigenvalue weighted by molar-refractivity contribution is 9.10. The first-order valence-corrected chi connectivity index (χ1v) is 8.13. The van der Waals surface area contributed by atoms with Crippen molar-refractivity contribution < 1.29 is 14.7 Å². The highest BCUT2D eigenvalue weighted by Crippen LogP contribution is 2.24. The number of halogens is 1. The third kappa shape index (κ3) is 4.84. The summed E-state index contributed by atoms with van der Waals surface area (Å²) in [5, 5.41) is 12.0. The Morgan fingerprint density at radius 3 is 2.62 bits per heavy atom. The van der Waals surface area contributed by atoms with Crippen molar-refractivity contribution in [2.75, 3.05) is 0 Å². The Balaban J connectivity index is 1.98. The lowest BCUT2D eigenvalue weighted by Crippen LogP contribution is -2.45. The van der Waals surface area contributed by atoms with Crippen LogP contribution in [0.25, 0.3) is 0 Å². The van der Waals surface area contributed by atoms with E-state index in [4.69, 9.17) is 0 Å². The van der Waals surface area contributed by atoms with Crippen molar-refractivity contribution in [2.45, 2.75) is 44.6 Å². The Bertz CT molecular complexity index is 512. The first kappa shape index (κ1) is 16.0. The van der Waals surface area contributed by atoms with E-state index in [1.165, 1.54) is 6.42 Å². The molecule has 2 rings (SSSR count). The molecule has 0 heterocycles. The van der Waals surface area contributed by atoms with Gasteiger partial charge in [-0.2, -0.15) is 0 Å². The topological polar surface area (TPSA) is 66.4 Å². The summed E-state index contributed by atoms with van der Waals surface area (Å²) in [6, 6.07) is 6.63. The molecule has 1 amide bonds. The highest BCUT2D eigenvalue weighted by Gasteiger charge is 2.26. The van der Waals surface area contributed by atoms with E-state index in [9.17, 15) is 14.7 Å². The Hall–Kier alpha value is -1.36. The summed E-state index contributed by atoms with van der Waals surface area (Å²) in [5.41, 5.74) is 0.890. The van der Waals surface area contributed by atoms with Gasteiger partial charge in [0.2, 0.25) is 5.91 Å². The van der Waals surface area contributed by atoms with E-state index < -0.39 is 12.0 Å². The quantitative estimate of drug-likeness (QED) is 0.854. The predicted octanol–water partition coefficient (Wildman–Crippen LogP) is 3.14. The van der Waals surface area contributed by atoms with Gasteiger partial charge in [0.15, 0.2) is 0 Å². The zero-order valence-electron chi connectivity index (χ0n) is 11.8. The molecule has 0 aliphatic heterocycles. The molecule has 1 aromatic rings. The number of hydrogen-bond acceptors (Lipinski definition) is 2. The van der Waals surface area contributed by atoms with Gasteiger partial charge in [-0.3, -0.25) is 4.79 Å². The minimum absolute atomic E-state index is 0.0249. The monoisotopic (exact) mass is 353 g/mol. The third-order valence-electron chi connectivity index (χ3n) is 3.92. The molecule has 0 saturated heterocycles. The van der Waals surface area contributed by atoms with Crippen molar-refractivity contribution in [2.24, 2.45) is 5.92 Å². The van der Waals surface area contributed by atoms with Gasteiger partial charge in [-0.05, 0) is 30.5 Å². The number of amides is 1. The first-order chi connectivity index (χ1) is 10.1. The Labute approximate surface area is 133 Å². The lowest BCUT2D eigenvalue weighted by Gasteiger charge is -2.23. The van der Waals surface area contributed by atoms with E-state index in [0.717, 1.165) is 35.7 Å². The van der Waals surface area contributed by atoms with Crippen LogP contribution in [0.5, 0.6) is 0 Å². The van der Waals surface area contributed by atoms with E-state index in [1.54, 1.807) is 0 Å². The molecule has 4 nitrogen and oxygen atoms in total. The molecule has 1 aliphatic carbocycles. The molecule has 0 spiro atoms. The van der Waals surface area contributed by atoms with Crippen LogP contribution in [0.15, 0.2) is 28.7 Å². The number of carbonyl (C=O) groups excluding carboxylic acids is 1. The fourth-order valence-electron chi connectivity index (χ4n) is 2.75. The fourth-order valence-corrected chi connectivity index (χ4v) is 3.20. The molecule has 1 fully saturated rings. The van der Waals surface area contributed by atoms with E-state index in [0.29, 0.717) is 6.42 Å². The Morgan fingerprint density at radius 1 is 1.29 bits per heavy atom. The van der Waals surface area contributed by atoms with Gasteiger partial charge in [-0.25, -0.2) is 4.79 Å². The average Bonchev–Trinajstić information content (AvgIpc) is 2.47. The van der Waals surface area contributed by atoms with E-state index >= 15 is 0 Å². The van der Waals surface area contributed by atoms with Crippen LogP contribution in [-0.2, 0) is 16.0 Å². The molecule has 1 aliphatic rings. The molecule has 1 unspecified atom stereocenters. The standard InChI is InChI=1S/C16H20BrNO3/c17-13-8-4-5-11(9-13)10-14(16(20)21)18-15(19)12-6-2-1-3-7-12/h4-5,8-9,12,14H,1-3,6-7,10H2,(H,18,19)(H,20,21). The predicted molar refractivity (Wildman–Crippen MR) is 84.0 cm³/mol. The molecule has 21 heavy (non-hydrogen) atoms. The summed E-state index contributed by atoms with van der Waals surface area (Å²) in [6.45, 7) is 0. The number of carboxylic acid groups (broad SMARTS) is 1. The molecule has 0 aromatic heterocycles. The summed E-state index contributed by atoms with van der Waals surface area (Å²) < 4.78 is 0.905. The number of rotatable bonds is 5. The van der Waals surface area contributed by atoms with Crippen LogP contribution >= 0.6 is 15.9 Å². The molecule has 114 valence electrons. The fraction of sp³-hybridized carbons (Fsp3) is 0.500. The Kier molecular flexibility index (Phi) is 5.79. The van der Waals surface area contributed by atoms with Crippen molar-refractivity contribution in [1.82, 2.24) is 5.32 Å². The van der Waals surface area contributed by atoms with Gasteiger partial charge in [-0.15, -0.1) is 0 Å². The van der Waals surface area contributed by atoms with E-state index in [1.807, 2.05) is 24.3 Å². The maximum atomic E-state index is 12.2. The van der Waals surface area contributed by atoms with E-state index in [2.05, 4.69) is 21.2 Å². The van der Waals surface area contributed by atoms with Gasteiger partial charge >= 0.3 is 5.97 Å². The zero-order chi connectivity index (χ0) is 15.2. The second kappa shape index (κ2) is 7.59. The van der Waals surface area contributed by atoms with Crippen LogP contribution in [0, 0.1) is 5.92 Å². The number of carboxylic acids is 1. The van der Waals surface area contributed by atoms with Gasteiger partial charge in [0.1, 0.15) is 6.04 Å². The smallest absolute Gasteiger partial charge is 0.326 e. The van der Waals surface area contributed by atoms with Crippen molar-refractivity contribution in [3.8, 4) is 0 Å². The van der Waals surface area contributed by atoms with Crippen LogP contribution < -0.4 is 5.32 Å². The normalized spacial score (nSPS) is 17.2. The number of nitrogens with one attached hydrogen (secondary N) is 1. The molecule has 5 heteroatoms. The zero-order valence-corrected chi connectivity index (χ0v) is 13.4. The second-order valence-corrected chi connectivity index (χ2v) is 6.48. The minimum atomic E-state index is -0.987. The lowest BCUT2D eigenvalue weighted by molar-refractivity contribution is -0.142. The van der Waals surface area contributed by atoms with Crippen LogP contribution in [0.1, 0.15) is 37.7 Å². The molecular formula is C16H20BrNO3. The molecule has 1 aromatic carbocycles. The van der Waals surface area contributed by atoms with Crippen molar-refractivity contribution in [1.29, 1.82) is 0 Å². The van der Waals surface area contributed by atoms with Gasteiger partial charge in [0.05, 0.1) is 0 Å². The van der Waals surface area contributed by atoms with Gasteiger partial charge in [0.25, 0.3) is 0 Å². The SMILES string of the molecule is O=C(NC(Cc1cccc(Br)c1)C(=O)O)C1CCCCC1. The van der Waals surface area contributed by atoms with E-state index in [-0.39, 0.29) is 11.8 Å². The number of hydrogen-bond donors (Lipinski definition) is 2. The molecule has 2 N–H and O–H groups in total. The maximum Gasteiger partial charge on any atom is 0.326 e. The van der Waals surface area contributed by atoms with Crippen LogP contribution in [0.3, 0.4) is 0 Å². The summed E-state index contributed by atoms with van der Waals surface area (Å²) in [4.78, 5) is 23.6. The lowest BCUT2D eigenvalue weighted by atomic mass is 9.88. The molecule has 1 atom stereocenters. The number of aliphatic carboxylic acids is 1. The minimum Gasteiger partial charge on any atom is -0.480 e. The number of benzene rings is 1. The van der Waals surface area contributed by atoms with Gasteiger partial charge in [-0.1, -0.05) is 47.3 Å². The van der Waals surface area contributed by atoms with Crippen molar-refractivity contribution in [3.05, 3.63) is 34.3 Å². The third-order valence-corrected chi connectivity index (χ3v) is 4.41. The summed E-state index contributed by atoms with van der Waals surface area (Å²) in [6.07, 6.45) is 5.32. The molecule has 1 saturated carbocycles. The second-order valence-electron chi connectivity index (χ2n) is 5.57. The van der Waals surface area contributed by atoms with Crippen LogP contribution in [0.2, 0.25) is 0 Å². The highest BCUT2D eigenvalue weighted by atomic mass is 79.9. The summed E-state index contributed by atoms with van der Waals surface area (Å²) in [7, 11) is 0. The summed E-state index contributed by atoms with van der Waals surface area (Å²) in [5.74, 6) is -1.13. The van der Waals surface area contributed by atoms with Gasteiger partial charge in [0, 0.05) is 16.8 Å². The van der Waals surface area contributed by atoms with Gasteiger partial charge < -0.3 is 10.4 Å². The molecule has 0 bridgehead atoms. The van der Waals surface area contributed by atoms with Crippen molar-refractivity contribution in [3.63, 3.8) is 0 Å². The first-order valence-electron chi connectivity index (χ1n) is 7.34.